The number of allylic oxidation sites excluding steroid dienone is 3. The first-order chi connectivity index (χ1) is 19.8. The molecule has 3 aromatic carbocycles. The van der Waals surface area contributed by atoms with E-state index in [2.05, 4.69) is 32.0 Å². The molecule has 42 heavy (non-hydrogen) atoms. The van der Waals surface area contributed by atoms with Gasteiger partial charge in [-0.1, -0.05) is 55.2 Å². The summed E-state index contributed by atoms with van der Waals surface area (Å²) in [5.41, 5.74) is 15.0. The van der Waals surface area contributed by atoms with Crippen molar-refractivity contribution in [2.24, 2.45) is 11.1 Å². The highest BCUT2D eigenvalue weighted by atomic mass is 35.5. The summed E-state index contributed by atoms with van der Waals surface area (Å²) in [5.74, 6) is 0.529. The zero-order chi connectivity index (χ0) is 30.5. The molecule has 0 aromatic heterocycles. The quantitative estimate of drug-likeness (QED) is 0.317. The number of carbonyl (C=O) groups excluding carboxylic acids is 1. The second-order valence-electron chi connectivity index (χ2n) is 12.2. The average molecular weight is 601 g/mol. The Bertz CT molecular complexity index is 1730. The lowest BCUT2D eigenvalue weighted by atomic mass is 9.68. The minimum absolute atomic E-state index is 0.0331. The third kappa shape index (κ3) is 5.42. The van der Waals surface area contributed by atoms with Crippen molar-refractivity contribution < 1.29 is 9.53 Å². The minimum atomic E-state index is -0.582. The molecule has 3 aromatic rings. The van der Waals surface area contributed by atoms with Crippen molar-refractivity contribution in [3.8, 4) is 11.8 Å². The van der Waals surface area contributed by atoms with Gasteiger partial charge in [0.1, 0.15) is 18.2 Å². The Hall–Kier alpha value is -3.72. The highest BCUT2D eigenvalue weighted by Crippen LogP contribution is 2.51. The van der Waals surface area contributed by atoms with Crippen LogP contribution in [0.2, 0.25) is 10.0 Å². The van der Waals surface area contributed by atoms with Gasteiger partial charge in [0.2, 0.25) is 0 Å². The summed E-state index contributed by atoms with van der Waals surface area (Å²) in [7, 11) is 0. The molecule has 0 bridgehead atoms. The second-order valence-corrected chi connectivity index (χ2v) is 13.1. The van der Waals surface area contributed by atoms with Crippen LogP contribution in [0.25, 0.3) is 0 Å². The lowest BCUT2D eigenvalue weighted by Gasteiger charge is -2.44. The Balaban J connectivity index is 1.68. The summed E-state index contributed by atoms with van der Waals surface area (Å²) >= 11 is 12.6. The molecule has 0 radical (unpaired) electrons. The number of nitrogens with two attached hydrogens (primary N) is 1. The zero-order valence-corrected chi connectivity index (χ0v) is 26.4. The number of nitriles is 1. The van der Waals surface area contributed by atoms with E-state index in [1.807, 2.05) is 69.0 Å². The van der Waals surface area contributed by atoms with Crippen LogP contribution in [0.5, 0.6) is 5.75 Å². The van der Waals surface area contributed by atoms with E-state index in [4.69, 9.17) is 33.7 Å². The summed E-state index contributed by atoms with van der Waals surface area (Å²) in [6.45, 7) is 12.5. The average Bonchev–Trinajstić information content (AvgIpc) is 2.89. The van der Waals surface area contributed by atoms with Crippen molar-refractivity contribution in [2.45, 2.75) is 66.9 Å². The van der Waals surface area contributed by atoms with Gasteiger partial charge in [0.15, 0.2) is 5.78 Å². The van der Waals surface area contributed by atoms with Crippen molar-refractivity contribution >= 4 is 34.7 Å². The van der Waals surface area contributed by atoms with Gasteiger partial charge in [0.25, 0.3) is 0 Å². The molecule has 0 spiro atoms. The molecule has 1 aliphatic heterocycles. The Kier molecular flexibility index (Phi) is 7.91. The van der Waals surface area contributed by atoms with E-state index in [0.29, 0.717) is 46.5 Å². The first-order valence-corrected chi connectivity index (χ1v) is 14.8. The van der Waals surface area contributed by atoms with Crippen LogP contribution in [0, 0.1) is 44.4 Å². The van der Waals surface area contributed by atoms with Crippen molar-refractivity contribution in [1.82, 2.24) is 0 Å². The molecule has 1 heterocycles. The number of anilines is 1. The summed E-state index contributed by atoms with van der Waals surface area (Å²) in [6, 6.07) is 17.7. The molecular weight excluding hydrogens is 565 g/mol. The van der Waals surface area contributed by atoms with E-state index < -0.39 is 5.92 Å². The molecule has 1 aliphatic carbocycles. The number of halogens is 2. The third-order valence-electron chi connectivity index (χ3n) is 8.35. The molecule has 7 heteroatoms. The lowest BCUT2D eigenvalue weighted by molar-refractivity contribution is -0.118. The van der Waals surface area contributed by atoms with Gasteiger partial charge in [-0.2, -0.15) is 5.26 Å². The smallest absolute Gasteiger partial charge is 0.162 e. The maximum Gasteiger partial charge on any atom is 0.162 e. The van der Waals surface area contributed by atoms with Gasteiger partial charge >= 0.3 is 0 Å². The van der Waals surface area contributed by atoms with E-state index in [1.165, 1.54) is 0 Å². The zero-order valence-electron chi connectivity index (χ0n) is 24.9. The molecule has 0 amide bonds. The minimum Gasteiger partial charge on any atom is -0.489 e. The van der Waals surface area contributed by atoms with E-state index in [0.717, 1.165) is 50.5 Å². The van der Waals surface area contributed by atoms with Crippen LogP contribution in [-0.2, 0) is 11.4 Å². The van der Waals surface area contributed by atoms with Crippen molar-refractivity contribution in [1.29, 1.82) is 5.26 Å². The maximum absolute atomic E-state index is 14.0. The number of aryl methyl sites for hydroxylation is 4. The summed E-state index contributed by atoms with van der Waals surface area (Å²) in [4.78, 5) is 15.9. The SMILES string of the molecule is Cc1cc(C)c(C2C(C#N)=C(N)N(c3cc(Cl)ccc3C)C3=C2C(=O)CC(C)(C)C3)cc1COc1ccc(Cl)cc1C. The number of carbonyl (C=O) groups is 1. The maximum atomic E-state index is 14.0. The number of rotatable bonds is 5. The van der Waals surface area contributed by atoms with E-state index >= 15 is 0 Å². The van der Waals surface area contributed by atoms with Crippen LogP contribution in [0.1, 0.15) is 66.0 Å². The largest absolute Gasteiger partial charge is 0.489 e. The topological polar surface area (TPSA) is 79.4 Å². The lowest BCUT2D eigenvalue weighted by Crippen LogP contribution is -2.42. The van der Waals surface area contributed by atoms with E-state index in [-0.39, 0.29) is 11.2 Å². The van der Waals surface area contributed by atoms with Crippen LogP contribution in [0.3, 0.4) is 0 Å². The Morgan fingerprint density at radius 2 is 1.64 bits per heavy atom. The summed E-state index contributed by atoms with van der Waals surface area (Å²) in [6.07, 6.45) is 1.02. The monoisotopic (exact) mass is 599 g/mol. The number of nitrogens with zero attached hydrogens (tertiary/aromatic N) is 2. The molecule has 0 saturated heterocycles. The van der Waals surface area contributed by atoms with Crippen LogP contribution in [0.15, 0.2) is 71.2 Å². The molecule has 2 N–H and O–H groups in total. The third-order valence-corrected chi connectivity index (χ3v) is 8.82. The summed E-state index contributed by atoms with van der Waals surface area (Å²) < 4.78 is 6.21. The predicted octanol–water partition coefficient (Wildman–Crippen LogP) is 8.75. The molecule has 0 saturated carbocycles. The standard InChI is InChI=1S/C35H35Cl2N3O2/c1-19-7-8-25(37)14-28(19)40-29-15-35(5,6)16-30(41)33(29)32(27(17-38)34(40)39)26-13-23(20(2)11-21(26)3)18-42-31-10-9-24(36)12-22(31)4/h7-14,32H,15-16,18,39H2,1-6H3. The Labute approximate surface area is 258 Å². The fourth-order valence-electron chi connectivity index (χ4n) is 6.23. The van der Waals surface area contributed by atoms with Gasteiger partial charge in [-0.05, 0) is 103 Å². The number of ether oxygens (including phenoxy) is 1. The number of benzene rings is 3. The number of hydrogen-bond acceptors (Lipinski definition) is 5. The number of ketones is 1. The van der Waals surface area contributed by atoms with Gasteiger partial charge in [-0.15, -0.1) is 0 Å². The Morgan fingerprint density at radius 3 is 2.33 bits per heavy atom. The molecule has 1 unspecified atom stereocenters. The first kappa shape index (κ1) is 29.8. The second kappa shape index (κ2) is 11.2. The normalized spacial score (nSPS) is 18.2. The molecule has 2 aliphatic rings. The van der Waals surface area contributed by atoms with Gasteiger partial charge < -0.3 is 10.5 Å². The van der Waals surface area contributed by atoms with Crippen LogP contribution in [-0.4, -0.2) is 5.78 Å². The van der Waals surface area contributed by atoms with Crippen LogP contribution in [0.4, 0.5) is 5.69 Å². The number of Topliss-reactive ketones (excluding diaryl/α,β-unsaturated/α-hetero) is 1. The molecule has 0 fully saturated rings. The van der Waals surface area contributed by atoms with Crippen LogP contribution < -0.4 is 15.4 Å². The van der Waals surface area contributed by atoms with Crippen molar-refractivity contribution in [3.63, 3.8) is 0 Å². The highest BCUT2D eigenvalue weighted by molar-refractivity contribution is 6.31. The van der Waals surface area contributed by atoms with Gasteiger partial charge in [-0.3, -0.25) is 9.69 Å². The van der Waals surface area contributed by atoms with E-state index in [1.54, 1.807) is 0 Å². The van der Waals surface area contributed by atoms with E-state index in [9.17, 15) is 10.1 Å². The predicted molar refractivity (Wildman–Crippen MR) is 170 cm³/mol. The first-order valence-electron chi connectivity index (χ1n) is 14.0. The van der Waals surface area contributed by atoms with Gasteiger partial charge in [-0.25, -0.2) is 0 Å². The fraction of sp³-hybridized carbons (Fsp3) is 0.314. The van der Waals surface area contributed by atoms with Crippen molar-refractivity contribution in [3.05, 3.63) is 115 Å². The van der Waals surface area contributed by atoms with Gasteiger partial charge in [0, 0.05) is 27.7 Å². The molecular formula is C35H35Cl2N3O2. The van der Waals surface area contributed by atoms with Crippen LogP contribution >= 0.6 is 23.2 Å². The Morgan fingerprint density at radius 1 is 0.952 bits per heavy atom. The van der Waals surface area contributed by atoms with Crippen molar-refractivity contribution in [2.75, 3.05) is 4.90 Å². The number of hydrogen-bond donors (Lipinski definition) is 1. The molecule has 1 atom stereocenters. The van der Waals surface area contributed by atoms with Gasteiger partial charge in [0.05, 0.1) is 23.2 Å². The molecule has 5 nitrogen and oxygen atoms in total. The fourth-order valence-corrected chi connectivity index (χ4v) is 6.62. The summed E-state index contributed by atoms with van der Waals surface area (Å²) in [5, 5.41) is 11.8. The highest BCUT2D eigenvalue weighted by Gasteiger charge is 2.45. The molecule has 216 valence electrons. The molecule has 5 rings (SSSR count).